The molecule has 1 aliphatic heterocycles. The predicted octanol–water partition coefficient (Wildman–Crippen LogP) is 1.78. The molecule has 0 aromatic heterocycles. The first-order chi connectivity index (χ1) is 7.64. The van der Waals surface area contributed by atoms with Gasteiger partial charge in [0.15, 0.2) is 0 Å². The molecule has 3 heteroatoms. The van der Waals surface area contributed by atoms with E-state index in [1.165, 1.54) is 0 Å². The fourth-order valence-electron chi connectivity index (χ4n) is 1.31. The van der Waals surface area contributed by atoms with Gasteiger partial charge >= 0.3 is 0 Å². The quantitative estimate of drug-likeness (QED) is 0.538. The SMILES string of the molecule is C=CCC#CC(C)(C)OCC1COCCO1. The van der Waals surface area contributed by atoms with E-state index in [9.17, 15) is 0 Å². The molecule has 3 nitrogen and oxygen atoms in total. The van der Waals surface area contributed by atoms with Crippen molar-refractivity contribution in [2.75, 3.05) is 26.4 Å². The summed E-state index contributed by atoms with van der Waals surface area (Å²) < 4.78 is 16.5. The number of hydrogen-bond acceptors (Lipinski definition) is 3. The van der Waals surface area contributed by atoms with Crippen LogP contribution in [0, 0.1) is 11.8 Å². The number of hydrogen-bond donors (Lipinski definition) is 0. The van der Waals surface area contributed by atoms with Crippen molar-refractivity contribution in [3.05, 3.63) is 12.7 Å². The molecule has 1 heterocycles. The predicted molar refractivity (Wildman–Crippen MR) is 63.2 cm³/mol. The largest absolute Gasteiger partial charge is 0.376 e. The zero-order valence-corrected chi connectivity index (χ0v) is 10.1. The summed E-state index contributed by atoms with van der Waals surface area (Å²) in [6, 6.07) is 0. The van der Waals surface area contributed by atoms with Crippen LogP contribution in [-0.2, 0) is 14.2 Å². The summed E-state index contributed by atoms with van der Waals surface area (Å²) >= 11 is 0. The Morgan fingerprint density at radius 3 is 2.94 bits per heavy atom. The first-order valence-corrected chi connectivity index (χ1v) is 5.58. The van der Waals surface area contributed by atoms with E-state index in [0.29, 0.717) is 32.8 Å². The fraction of sp³-hybridized carbons (Fsp3) is 0.692. The van der Waals surface area contributed by atoms with E-state index in [0.717, 1.165) is 0 Å². The molecule has 1 aliphatic rings. The van der Waals surface area contributed by atoms with Gasteiger partial charge in [-0.3, -0.25) is 0 Å². The lowest BCUT2D eigenvalue weighted by Gasteiger charge is -2.26. The summed E-state index contributed by atoms with van der Waals surface area (Å²) in [4.78, 5) is 0. The van der Waals surface area contributed by atoms with Gasteiger partial charge in [-0.1, -0.05) is 17.9 Å². The van der Waals surface area contributed by atoms with Crippen molar-refractivity contribution in [1.29, 1.82) is 0 Å². The van der Waals surface area contributed by atoms with Gasteiger partial charge in [-0.05, 0) is 13.8 Å². The van der Waals surface area contributed by atoms with Crippen LogP contribution in [0.1, 0.15) is 20.3 Å². The van der Waals surface area contributed by atoms with Gasteiger partial charge in [-0.2, -0.15) is 0 Å². The fourth-order valence-corrected chi connectivity index (χ4v) is 1.31. The Bertz CT molecular complexity index is 267. The number of rotatable bonds is 4. The Morgan fingerprint density at radius 1 is 1.50 bits per heavy atom. The molecule has 0 aliphatic carbocycles. The molecule has 0 N–H and O–H groups in total. The van der Waals surface area contributed by atoms with Crippen LogP contribution in [0.4, 0.5) is 0 Å². The van der Waals surface area contributed by atoms with Crippen LogP contribution in [0.2, 0.25) is 0 Å². The van der Waals surface area contributed by atoms with Crippen LogP contribution in [0.3, 0.4) is 0 Å². The zero-order valence-electron chi connectivity index (χ0n) is 10.1. The Hall–Kier alpha value is -0.820. The average molecular weight is 224 g/mol. The molecule has 1 unspecified atom stereocenters. The lowest BCUT2D eigenvalue weighted by atomic mass is 10.1. The molecule has 1 fully saturated rings. The third kappa shape index (κ3) is 5.32. The van der Waals surface area contributed by atoms with Crippen molar-refractivity contribution in [1.82, 2.24) is 0 Å². The second-order valence-electron chi connectivity index (χ2n) is 4.18. The minimum Gasteiger partial charge on any atom is -0.376 e. The summed E-state index contributed by atoms with van der Waals surface area (Å²) in [6.45, 7) is 9.98. The molecule has 1 atom stereocenters. The smallest absolute Gasteiger partial charge is 0.123 e. The number of ether oxygens (including phenoxy) is 3. The van der Waals surface area contributed by atoms with Crippen LogP contribution in [0.5, 0.6) is 0 Å². The van der Waals surface area contributed by atoms with Crippen LogP contribution in [0.25, 0.3) is 0 Å². The standard InChI is InChI=1S/C13H20O3/c1-4-5-6-7-13(2,3)16-11-12-10-14-8-9-15-12/h4,12H,1,5,8-11H2,2-3H3. The van der Waals surface area contributed by atoms with E-state index in [4.69, 9.17) is 14.2 Å². The molecule has 0 aromatic carbocycles. The first-order valence-electron chi connectivity index (χ1n) is 5.58. The molecule has 0 radical (unpaired) electrons. The topological polar surface area (TPSA) is 27.7 Å². The van der Waals surface area contributed by atoms with Crippen molar-refractivity contribution in [3.8, 4) is 11.8 Å². The summed E-state index contributed by atoms with van der Waals surface area (Å²) in [5.41, 5.74) is -0.441. The molecule has 1 rings (SSSR count). The number of allylic oxidation sites excluding steroid dienone is 1. The molecule has 0 spiro atoms. The van der Waals surface area contributed by atoms with E-state index in [1.54, 1.807) is 6.08 Å². The van der Waals surface area contributed by atoms with E-state index < -0.39 is 5.60 Å². The minimum atomic E-state index is -0.441. The maximum Gasteiger partial charge on any atom is 0.123 e. The molecular formula is C13H20O3. The normalized spacial score (nSPS) is 21.0. The first kappa shape index (κ1) is 13.2. The van der Waals surface area contributed by atoms with Crippen LogP contribution >= 0.6 is 0 Å². The summed E-state index contributed by atoms with van der Waals surface area (Å²) in [5.74, 6) is 6.06. The van der Waals surface area contributed by atoms with E-state index in [1.807, 2.05) is 13.8 Å². The molecular weight excluding hydrogens is 204 g/mol. The maximum absolute atomic E-state index is 5.70. The Morgan fingerprint density at radius 2 is 2.31 bits per heavy atom. The van der Waals surface area contributed by atoms with E-state index in [2.05, 4.69) is 18.4 Å². The van der Waals surface area contributed by atoms with Crippen molar-refractivity contribution in [2.45, 2.75) is 32.0 Å². The minimum absolute atomic E-state index is 0.0363. The molecule has 0 bridgehead atoms. The highest BCUT2D eigenvalue weighted by atomic mass is 16.6. The second kappa shape index (κ2) is 6.70. The van der Waals surface area contributed by atoms with Crippen LogP contribution in [-0.4, -0.2) is 38.1 Å². The zero-order chi connectivity index (χ0) is 11.9. The summed E-state index contributed by atoms with van der Waals surface area (Å²) in [6.07, 6.45) is 2.51. The van der Waals surface area contributed by atoms with Crippen LogP contribution in [0.15, 0.2) is 12.7 Å². The Balaban J connectivity index is 2.29. The highest BCUT2D eigenvalue weighted by Gasteiger charge is 2.20. The monoisotopic (exact) mass is 224 g/mol. The van der Waals surface area contributed by atoms with Gasteiger partial charge in [0.05, 0.1) is 26.4 Å². The van der Waals surface area contributed by atoms with Crippen molar-refractivity contribution in [3.63, 3.8) is 0 Å². The van der Waals surface area contributed by atoms with Crippen LogP contribution < -0.4 is 0 Å². The van der Waals surface area contributed by atoms with Gasteiger partial charge in [-0.25, -0.2) is 0 Å². The molecule has 0 saturated carbocycles. The Kier molecular flexibility index (Phi) is 5.54. The van der Waals surface area contributed by atoms with Gasteiger partial charge in [-0.15, -0.1) is 6.58 Å². The van der Waals surface area contributed by atoms with Gasteiger partial charge in [0.1, 0.15) is 11.7 Å². The molecule has 0 aromatic rings. The molecule has 16 heavy (non-hydrogen) atoms. The Labute approximate surface area is 97.8 Å². The molecule has 1 saturated heterocycles. The maximum atomic E-state index is 5.70. The summed E-state index contributed by atoms with van der Waals surface area (Å²) in [5, 5.41) is 0. The van der Waals surface area contributed by atoms with Crippen molar-refractivity contribution in [2.24, 2.45) is 0 Å². The van der Waals surface area contributed by atoms with Gasteiger partial charge < -0.3 is 14.2 Å². The lowest BCUT2D eigenvalue weighted by Crippen LogP contribution is -2.36. The van der Waals surface area contributed by atoms with Gasteiger partial charge in [0.2, 0.25) is 0 Å². The third-order valence-corrected chi connectivity index (χ3v) is 2.15. The third-order valence-electron chi connectivity index (χ3n) is 2.15. The lowest BCUT2D eigenvalue weighted by molar-refractivity contribution is -0.130. The van der Waals surface area contributed by atoms with Gasteiger partial charge in [0, 0.05) is 6.42 Å². The molecule has 0 amide bonds. The van der Waals surface area contributed by atoms with E-state index >= 15 is 0 Å². The average Bonchev–Trinajstić information content (AvgIpc) is 2.28. The van der Waals surface area contributed by atoms with Gasteiger partial charge in [0.25, 0.3) is 0 Å². The van der Waals surface area contributed by atoms with Crippen molar-refractivity contribution >= 4 is 0 Å². The highest BCUT2D eigenvalue weighted by Crippen LogP contribution is 2.10. The molecule has 90 valence electrons. The van der Waals surface area contributed by atoms with Crippen molar-refractivity contribution < 1.29 is 14.2 Å². The van der Waals surface area contributed by atoms with E-state index in [-0.39, 0.29) is 6.10 Å². The summed E-state index contributed by atoms with van der Waals surface area (Å²) in [7, 11) is 0. The second-order valence-corrected chi connectivity index (χ2v) is 4.18. The highest BCUT2D eigenvalue weighted by molar-refractivity contribution is 5.12.